The van der Waals surface area contributed by atoms with E-state index in [4.69, 9.17) is 0 Å². The number of aliphatic hydroxyl groups is 1. The molecule has 0 spiro atoms. The second kappa shape index (κ2) is 6.25. The zero-order valence-electron chi connectivity index (χ0n) is 13.8. The standard InChI is InChI=1S/C18H19N5O2/c1-23-10-12(8-20-23)17(11-6-13(24)7-11)22-18(25)16-9-19-14-4-2-3-5-15(14)21-16/h2-5,8-11,13,17,24H,6-7H2,1H3,(H,22,25). The molecule has 25 heavy (non-hydrogen) atoms. The number of rotatable bonds is 4. The van der Waals surface area contributed by atoms with Gasteiger partial charge in [-0.2, -0.15) is 5.10 Å². The molecule has 1 atom stereocenters. The number of aryl methyl sites for hydroxylation is 1. The van der Waals surface area contributed by atoms with Crippen LogP contribution in [-0.2, 0) is 7.05 Å². The Labute approximate surface area is 144 Å². The van der Waals surface area contributed by atoms with E-state index in [1.165, 1.54) is 6.20 Å². The highest BCUT2D eigenvalue weighted by atomic mass is 16.3. The number of aliphatic hydroxyl groups excluding tert-OH is 1. The van der Waals surface area contributed by atoms with Crippen LogP contribution >= 0.6 is 0 Å². The van der Waals surface area contributed by atoms with E-state index in [-0.39, 0.29) is 29.7 Å². The number of amides is 1. The maximum atomic E-state index is 12.7. The molecule has 2 aromatic heterocycles. The summed E-state index contributed by atoms with van der Waals surface area (Å²) in [6.45, 7) is 0. The van der Waals surface area contributed by atoms with Crippen LogP contribution in [0.4, 0.5) is 0 Å². The van der Waals surface area contributed by atoms with Gasteiger partial charge in [0.2, 0.25) is 0 Å². The highest BCUT2D eigenvalue weighted by Crippen LogP contribution is 2.38. The molecule has 4 rings (SSSR count). The predicted molar refractivity (Wildman–Crippen MR) is 91.7 cm³/mol. The molecule has 1 aromatic carbocycles. The molecule has 1 fully saturated rings. The zero-order chi connectivity index (χ0) is 17.4. The first kappa shape index (κ1) is 15.7. The molecular formula is C18H19N5O2. The molecular weight excluding hydrogens is 318 g/mol. The average molecular weight is 337 g/mol. The van der Waals surface area contributed by atoms with Gasteiger partial charge in [0.25, 0.3) is 5.91 Å². The monoisotopic (exact) mass is 337 g/mol. The number of carbonyl (C=O) groups is 1. The van der Waals surface area contributed by atoms with Crippen LogP contribution in [0.1, 0.15) is 34.9 Å². The molecule has 2 N–H and O–H groups in total. The fourth-order valence-corrected chi connectivity index (χ4v) is 3.26. The summed E-state index contributed by atoms with van der Waals surface area (Å²) in [6.07, 6.45) is 6.19. The van der Waals surface area contributed by atoms with Crippen LogP contribution in [0.2, 0.25) is 0 Å². The number of carbonyl (C=O) groups excluding carboxylic acids is 1. The molecule has 1 aliphatic carbocycles. The molecule has 1 amide bonds. The number of fused-ring (bicyclic) bond motifs is 1. The molecule has 7 heteroatoms. The van der Waals surface area contributed by atoms with Crippen molar-refractivity contribution in [2.24, 2.45) is 13.0 Å². The molecule has 0 saturated heterocycles. The summed E-state index contributed by atoms with van der Waals surface area (Å²) in [5.74, 6) is -0.0786. The summed E-state index contributed by atoms with van der Waals surface area (Å²) < 4.78 is 1.71. The first-order valence-electron chi connectivity index (χ1n) is 8.29. The molecule has 1 unspecified atom stereocenters. The van der Waals surface area contributed by atoms with E-state index >= 15 is 0 Å². The van der Waals surface area contributed by atoms with E-state index in [9.17, 15) is 9.90 Å². The van der Waals surface area contributed by atoms with Gasteiger partial charge < -0.3 is 10.4 Å². The third-order valence-corrected chi connectivity index (χ3v) is 4.67. The third kappa shape index (κ3) is 3.10. The van der Waals surface area contributed by atoms with Crippen molar-refractivity contribution in [1.82, 2.24) is 25.1 Å². The van der Waals surface area contributed by atoms with Crippen LogP contribution in [0, 0.1) is 5.92 Å². The lowest BCUT2D eigenvalue weighted by molar-refractivity contribution is 0.0234. The second-order valence-corrected chi connectivity index (χ2v) is 6.53. The van der Waals surface area contributed by atoms with Crippen molar-refractivity contribution in [3.8, 4) is 0 Å². The van der Waals surface area contributed by atoms with E-state index in [2.05, 4.69) is 20.4 Å². The number of nitrogens with zero attached hydrogens (tertiary/aromatic N) is 4. The molecule has 7 nitrogen and oxygen atoms in total. The number of hydrogen-bond acceptors (Lipinski definition) is 5. The van der Waals surface area contributed by atoms with Crippen LogP contribution in [0.5, 0.6) is 0 Å². The van der Waals surface area contributed by atoms with E-state index < -0.39 is 0 Å². The second-order valence-electron chi connectivity index (χ2n) is 6.53. The maximum Gasteiger partial charge on any atom is 0.272 e. The highest BCUT2D eigenvalue weighted by molar-refractivity contribution is 5.94. The van der Waals surface area contributed by atoms with Crippen molar-refractivity contribution in [2.75, 3.05) is 0 Å². The summed E-state index contributed by atoms with van der Waals surface area (Å²) >= 11 is 0. The van der Waals surface area contributed by atoms with Crippen LogP contribution in [0.15, 0.2) is 42.9 Å². The smallest absolute Gasteiger partial charge is 0.272 e. The Bertz CT molecular complexity index is 916. The van der Waals surface area contributed by atoms with Crippen molar-refractivity contribution in [1.29, 1.82) is 0 Å². The summed E-state index contributed by atoms with van der Waals surface area (Å²) in [7, 11) is 1.84. The first-order valence-corrected chi connectivity index (χ1v) is 8.29. The van der Waals surface area contributed by atoms with Crippen molar-refractivity contribution >= 4 is 16.9 Å². The van der Waals surface area contributed by atoms with Crippen LogP contribution in [0.25, 0.3) is 11.0 Å². The Morgan fingerprint density at radius 1 is 1.28 bits per heavy atom. The van der Waals surface area contributed by atoms with Crippen LogP contribution in [-0.4, -0.2) is 36.9 Å². The lowest BCUT2D eigenvalue weighted by Crippen LogP contribution is -2.41. The van der Waals surface area contributed by atoms with Gasteiger partial charge in [0, 0.05) is 18.8 Å². The van der Waals surface area contributed by atoms with E-state index in [0.717, 1.165) is 11.1 Å². The molecule has 3 aromatic rings. The molecule has 0 aliphatic heterocycles. The Kier molecular flexibility index (Phi) is 3.93. The number of hydrogen-bond donors (Lipinski definition) is 2. The lowest BCUT2D eigenvalue weighted by Gasteiger charge is -2.37. The van der Waals surface area contributed by atoms with Gasteiger partial charge >= 0.3 is 0 Å². The Morgan fingerprint density at radius 3 is 2.72 bits per heavy atom. The summed E-state index contributed by atoms with van der Waals surface area (Å²) in [5.41, 5.74) is 2.66. The Hall–Kier alpha value is -2.80. The highest BCUT2D eigenvalue weighted by Gasteiger charge is 2.36. The minimum absolute atomic E-state index is 0.191. The average Bonchev–Trinajstić information content (AvgIpc) is 3.03. The predicted octanol–water partition coefficient (Wildman–Crippen LogP) is 1.61. The van der Waals surface area contributed by atoms with Gasteiger partial charge in [-0.3, -0.25) is 14.5 Å². The fourth-order valence-electron chi connectivity index (χ4n) is 3.26. The quantitative estimate of drug-likeness (QED) is 0.754. The largest absolute Gasteiger partial charge is 0.393 e. The van der Waals surface area contributed by atoms with Crippen LogP contribution in [0.3, 0.4) is 0 Å². The summed E-state index contributed by atoms with van der Waals surface area (Å²) in [4.78, 5) is 21.4. The molecule has 128 valence electrons. The van der Waals surface area contributed by atoms with Crippen molar-refractivity contribution in [3.63, 3.8) is 0 Å². The molecule has 0 bridgehead atoms. The van der Waals surface area contributed by atoms with Crippen molar-refractivity contribution < 1.29 is 9.90 Å². The van der Waals surface area contributed by atoms with Gasteiger partial charge in [-0.05, 0) is 30.9 Å². The summed E-state index contributed by atoms with van der Waals surface area (Å²) in [6, 6.07) is 7.25. The Balaban J connectivity index is 1.58. The van der Waals surface area contributed by atoms with Crippen molar-refractivity contribution in [3.05, 3.63) is 54.1 Å². The number of para-hydroxylation sites is 2. The molecule has 1 saturated carbocycles. The van der Waals surface area contributed by atoms with E-state index in [1.807, 2.05) is 37.5 Å². The minimum atomic E-state index is -0.290. The van der Waals surface area contributed by atoms with Gasteiger partial charge in [0.1, 0.15) is 5.69 Å². The lowest BCUT2D eigenvalue weighted by atomic mass is 9.75. The zero-order valence-corrected chi connectivity index (χ0v) is 13.8. The molecule has 0 radical (unpaired) electrons. The van der Waals surface area contributed by atoms with Gasteiger partial charge in [-0.25, -0.2) is 4.98 Å². The van der Waals surface area contributed by atoms with Crippen LogP contribution < -0.4 is 5.32 Å². The third-order valence-electron chi connectivity index (χ3n) is 4.67. The molecule has 1 aliphatic rings. The fraction of sp³-hybridized carbons (Fsp3) is 0.333. The van der Waals surface area contributed by atoms with E-state index in [1.54, 1.807) is 10.9 Å². The normalized spacial score (nSPS) is 20.9. The number of aromatic nitrogens is 4. The maximum absolute atomic E-state index is 12.7. The number of benzene rings is 1. The topological polar surface area (TPSA) is 92.9 Å². The first-order chi connectivity index (χ1) is 12.1. The molecule has 2 heterocycles. The van der Waals surface area contributed by atoms with Gasteiger partial charge in [0.05, 0.1) is 35.6 Å². The number of nitrogens with one attached hydrogen (secondary N) is 1. The SMILES string of the molecule is Cn1cc(C(NC(=O)c2cnc3ccccc3n2)C2CC(O)C2)cn1. The van der Waals surface area contributed by atoms with Gasteiger partial charge in [0.15, 0.2) is 0 Å². The van der Waals surface area contributed by atoms with E-state index in [0.29, 0.717) is 18.4 Å². The van der Waals surface area contributed by atoms with Crippen molar-refractivity contribution in [2.45, 2.75) is 25.0 Å². The van der Waals surface area contributed by atoms with Gasteiger partial charge in [-0.15, -0.1) is 0 Å². The Morgan fingerprint density at radius 2 is 2.04 bits per heavy atom. The van der Waals surface area contributed by atoms with Gasteiger partial charge in [-0.1, -0.05) is 12.1 Å². The minimum Gasteiger partial charge on any atom is -0.393 e. The summed E-state index contributed by atoms with van der Waals surface area (Å²) in [5, 5.41) is 16.9.